The molecule has 36 heavy (non-hydrogen) atoms. The van der Waals surface area contributed by atoms with E-state index in [4.69, 9.17) is 4.98 Å². The lowest BCUT2D eigenvalue weighted by Gasteiger charge is -2.10. The molecule has 0 spiro atoms. The molecule has 6 rings (SSSR count). The number of aromatic amines is 2. The minimum absolute atomic E-state index is 0.282. The molecule has 0 bridgehead atoms. The zero-order valence-electron chi connectivity index (χ0n) is 20.0. The molecule has 0 atom stereocenters. The van der Waals surface area contributed by atoms with E-state index in [-0.39, 0.29) is 5.82 Å². The summed E-state index contributed by atoms with van der Waals surface area (Å²) in [6, 6.07) is 11.1. The largest absolute Gasteiger partial charge is 0.382 e. The van der Waals surface area contributed by atoms with Crippen molar-refractivity contribution in [3.8, 4) is 33.9 Å². The van der Waals surface area contributed by atoms with Crippen LogP contribution in [0, 0.1) is 12.7 Å². The van der Waals surface area contributed by atoms with Gasteiger partial charge in [-0.15, -0.1) is 0 Å². The first-order chi connectivity index (χ1) is 17.4. The lowest BCUT2D eigenvalue weighted by Crippen LogP contribution is -2.09. The molecule has 0 saturated carbocycles. The number of halogens is 1. The average Bonchev–Trinajstić information content (AvgIpc) is 3.46. The van der Waals surface area contributed by atoms with Gasteiger partial charge in [0, 0.05) is 41.1 Å². The van der Waals surface area contributed by atoms with Gasteiger partial charge in [0.1, 0.15) is 11.5 Å². The number of fused-ring (bicyclic) bond motifs is 2. The van der Waals surface area contributed by atoms with E-state index in [1.54, 1.807) is 24.8 Å². The summed E-state index contributed by atoms with van der Waals surface area (Å²) in [7, 11) is 0. The number of nitrogens with zero attached hydrogens (tertiary/aromatic N) is 5. The minimum atomic E-state index is -0.282. The van der Waals surface area contributed by atoms with Crippen LogP contribution in [0.4, 0.5) is 10.1 Å². The van der Waals surface area contributed by atoms with Gasteiger partial charge in [-0.2, -0.15) is 5.10 Å². The number of rotatable bonds is 5. The number of hydrogen-bond donors (Lipinski definition) is 3. The molecule has 0 saturated heterocycles. The van der Waals surface area contributed by atoms with E-state index in [2.05, 4.69) is 49.3 Å². The fourth-order valence-electron chi connectivity index (χ4n) is 4.40. The third-order valence-corrected chi connectivity index (χ3v) is 5.91. The van der Waals surface area contributed by atoms with E-state index in [0.717, 1.165) is 50.1 Å². The zero-order chi connectivity index (χ0) is 24.8. The van der Waals surface area contributed by atoms with Crippen LogP contribution in [0.3, 0.4) is 0 Å². The highest BCUT2D eigenvalue weighted by Crippen LogP contribution is 2.32. The quantitative estimate of drug-likeness (QED) is 0.285. The predicted octanol–water partition coefficient (Wildman–Crippen LogP) is 5.89. The van der Waals surface area contributed by atoms with Crippen molar-refractivity contribution in [2.75, 3.05) is 5.32 Å². The number of nitrogens with one attached hydrogen (secondary N) is 3. The van der Waals surface area contributed by atoms with Crippen LogP contribution in [0.2, 0.25) is 0 Å². The van der Waals surface area contributed by atoms with Crippen molar-refractivity contribution in [2.45, 2.75) is 26.8 Å². The first-order valence-electron chi connectivity index (χ1n) is 11.6. The van der Waals surface area contributed by atoms with Crippen LogP contribution in [-0.2, 0) is 0 Å². The first-order valence-corrected chi connectivity index (χ1v) is 11.6. The lowest BCUT2D eigenvalue weighted by molar-refractivity contribution is 0.627. The molecule has 6 aromatic rings. The fraction of sp³-hybridized carbons (Fsp3) is 0.148. The molecule has 0 radical (unpaired) electrons. The molecule has 3 N–H and O–H groups in total. The Kier molecular flexibility index (Phi) is 5.18. The van der Waals surface area contributed by atoms with Gasteiger partial charge in [-0.3, -0.25) is 15.1 Å². The Hall–Kier alpha value is -4.66. The Morgan fingerprint density at radius 1 is 0.972 bits per heavy atom. The number of H-pyrrole nitrogens is 2. The molecule has 5 heterocycles. The maximum atomic E-state index is 14.1. The number of benzene rings is 1. The highest BCUT2D eigenvalue weighted by atomic mass is 19.1. The normalized spacial score (nSPS) is 11.6. The third-order valence-electron chi connectivity index (χ3n) is 5.91. The standard InChI is InChI=1S/C27H23FN8/c1-14(2)32-19-9-17(11-29-12-19)22-10-21-23(13-31-22)35-36-25(21)27-33-24-20(4-5-30-26(24)34-27)16-6-15(3)7-18(28)8-16/h4-14,32H,1-3H3,(H,35,36)(H,30,33,34). The van der Waals surface area contributed by atoms with Crippen LogP contribution in [-0.4, -0.2) is 41.2 Å². The van der Waals surface area contributed by atoms with Gasteiger partial charge in [0.2, 0.25) is 0 Å². The van der Waals surface area contributed by atoms with Crippen LogP contribution < -0.4 is 5.32 Å². The molecular formula is C27H23FN8. The highest BCUT2D eigenvalue weighted by molar-refractivity contribution is 5.96. The van der Waals surface area contributed by atoms with Gasteiger partial charge in [0.05, 0.1) is 28.6 Å². The molecule has 178 valence electrons. The summed E-state index contributed by atoms with van der Waals surface area (Å²) in [5.41, 5.74) is 7.71. The van der Waals surface area contributed by atoms with Crippen LogP contribution in [0.25, 0.3) is 56.0 Å². The number of aryl methyl sites for hydroxylation is 1. The van der Waals surface area contributed by atoms with Crippen molar-refractivity contribution in [3.05, 3.63) is 72.6 Å². The summed E-state index contributed by atoms with van der Waals surface area (Å²) in [5.74, 6) is 0.282. The topological polar surface area (TPSA) is 108 Å². The number of pyridine rings is 3. The molecule has 5 aromatic heterocycles. The molecule has 8 nitrogen and oxygen atoms in total. The summed E-state index contributed by atoms with van der Waals surface area (Å²) in [6.07, 6.45) is 7.02. The van der Waals surface area contributed by atoms with E-state index in [9.17, 15) is 4.39 Å². The van der Waals surface area contributed by atoms with Gasteiger partial charge in [0.25, 0.3) is 0 Å². The van der Waals surface area contributed by atoms with E-state index in [0.29, 0.717) is 23.2 Å². The average molecular weight is 479 g/mol. The maximum Gasteiger partial charge on any atom is 0.178 e. The molecule has 0 aliphatic carbocycles. The maximum absolute atomic E-state index is 14.1. The SMILES string of the molecule is Cc1cc(F)cc(-c2ccnc3nc(-c4n[nH]c5cnc(-c6cncc(NC(C)C)c6)cc45)[nH]c23)c1. The Morgan fingerprint density at radius 2 is 1.86 bits per heavy atom. The third kappa shape index (κ3) is 3.94. The Balaban J connectivity index is 1.45. The summed E-state index contributed by atoms with van der Waals surface area (Å²) < 4.78 is 14.1. The van der Waals surface area contributed by atoms with E-state index >= 15 is 0 Å². The van der Waals surface area contributed by atoms with Crippen LogP contribution in [0.1, 0.15) is 19.4 Å². The summed E-state index contributed by atoms with van der Waals surface area (Å²) in [4.78, 5) is 21.4. The fourth-order valence-corrected chi connectivity index (χ4v) is 4.40. The van der Waals surface area contributed by atoms with Crippen molar-refractivity contribution in [1.82, 2.24) is 35.1 Å². The van der Waals surface area contributed by atoms with Crippen molar-refractivity contribution < 1.29 is 4.39 Å². The Labute approximate surface area is 206 Å². The van der Waals surface area contributed by atoms with Gasteiger partial charge >= 0.3 is 0 Å². The summed E-state index contributed by atoms with van der Waals surface area (Å²) in [6.45, 7) is 6.03. The Bertz CT molecular complexity index is 1710. The van der Waals surface area contributed by atoms with Gasteiger partial charge < -0.3 is 10.3 Å². The van der Waals surface area contributed by atoms with Crippen molar-refractivity contribution in [1.29, 1.82) is 0 Å². The second-order valence-electron chi connectivity index (χ2n) is 9.11. The van der Waals surface area contributed by atoms with E-state index in [1.165, 1.54) is 12.1 Å². The van der Waals surface area contributed by atoms with Gasteiger partial charge in [0.15, 0.2) is 11.5 Å². The van der Waals surface area contributed by atoms with E-state index < -0.39 is 0 Å². The zero-order valence-corrected chi connectivity index (χ0v) is 20.0. The van der Waals surface area contributed by atoms with Crippen LogP contribution in [0.5, 0.6) is 0 Å². The molecule has 0 fully saturated rings. The van der Waals surface area contributed by atoms with Crippen LogP contribution in [0.15, 0.2) is 61.2 Å². The molecule has 0 amide bonds. The number of aromatic nitrogens is 7. The molecule has 0 aliphatic heterocycles. The summed E-state index contributed by atoms with van der Waals surface area (Å²) >= 11 is 0. The predicted molar refractivity (Wildman–Crippen MR) is 139 cm³/mol. The number of anilines is 1. The number of hydrogen-bond acceptors (Lipinski definition) is 6. The minimum Gasteiger partial charge on any atom is -0.382 e. The monoisotopic (exact) mass is 478 g/mol. The molecule has 0 unspecified atom stereocenters. The van der Waals surface area contributed by atoms with Crippen molar-refractivity contribution in [2.24, 2.45) is 0 Å². The van der Waals surface area contributed by atoms with Gasteiger partial charge in [-0.1, -0.05) is 6.07 Å². The molecule has 1 aromatic carbocycles. The Morgan fingerprint density at radius 3 is 2.69 bits per heavy atom. The molecule has 9 heteroatoms. The first kappa shape index (κ1) is 21.8. The second kappa shape index (κ2) is 8.53. The van der Waals surface area contributed by atoms with E-state index in [1.807, 2.05) is 31.2 Å². The lowest BCUT2D eigenvalue weighted by atomic mass is 10.0. The second-order valence-corrected chi connectivity index (χ2v) is 9.11. The van der Waals surface area contributed by atoms with Crippen molar-refractivity contribution in [3.63, 3.8) is 0 Å². The number of imidazole rings is 1. The molecule has 0 aliphatic rings. The van der Waals surface area contributed by atoms with Crippen LogP contribution >= 0.6 is 0 Å². The van der Waals surface area contributed by atoms with Gasteiger partial charge in [-0.05, 0) is 62.2 Å². The smallest absolute Gasteiger partial charge is 0.178 e. The summed E-state index contributed by atoms with van der Waals surface area (Å²) in [5, 5.41) is 11.8. The highest BCUT2D eigenvalue weighted by Gasteiger charge is 2.17. The van der Waals surface area contributed by atoms with Gasteiger partial charge in [-0.25, -0.2) is 14.4 Å². The van der Waals surface area contributed by atoms with Crippen molar-refractivity contribution >= 4 is 27.8 Å². The molecular weight excluding hydrogens is 455 g/mol.